The molecule has 12 nitrogen and oxygen atoms in total. The van der Waals surface area contributed by atoms with Crippen molar-refractivity contribution in [1.29, 1.82) is 0 Å². The molecule has 2 N–H and O–H groups in total. The monoisotopic (exact) mass is 560 g/mol. The number of benzene rings is 1. The van der Waals surface area contributed by atoms with E-state index in [0.29, 0.717) is 74.0 Å². The Kier molecular flexibility index (Phi) is 5.99. The number of fused-ring (bicyclic) bond motifs is 2. The molecular weight excluding hydrogens is 535 g/mol. The first-order chi connectivity index (χ1) is 18.9. The first-order valence-corrected chi connectivity index (χ1v) is 13.2. The number of imidazole rings is 1. The van der Waals surface area contributed by atoms with Crippen molar-refractivity contribution in [2.45, 2.75) is 49.8 Å². The molecule has 2 aromatic heterocycles. The van der Waals surface area contributed by atoms with Crippen molar-refractivity contribution >= 4 is 34.7 Å². The number of aliphatic hydroxyl groups is 1. The molecule has 0 radical (unpaired) electrons. The second-order valence-corrected chi connectivity index (χ2v) is 10.5. The summed E-state index contributed by atoms with van der Waals surface area (Å²) >= 11 is 6.53. The number of likely N-dealkylation sites (tertiary alicyclic amines) is 1. The fourth-order valence-corrected chi connectivity index (χ4v) is 6.13. The summed E-state index contributed by atoms with van der Waals surface area (Å²) in [7, 11) is 1.35. The van der Waals surface area contributed by atoms with Gasteiger partial charge in [-0.2, -0.15) is 0 Å². The summed E-state index contributed by atoms with van der Waals surface area (Å²) < 4.78 is 39.6. The van der Waals surface area contributed by atoms with E-state index in [9.17, 15) is 9.90 Å². The average molecular weight is 561 g/mol. The number of carbonyl (C=O) groups is 1. The van der Waals surface area contributed by atoms with Gasteiger partial charge in [-0.25, -0.2) is 24.1 Å². The molecule has 3 saturated heterocycles. The van der Waals surface area contributed by atoms with Crippen LogP contribution in [0, 0.1) is 5.82 Å². The molecule has 2 bridgehead atoms. The molecule has 0 spiro atoms. The zero-order valence-electron chi connectivity index (χ0n) is 21.0. The fourth-order valence-electron chi connectivity index (χ4n) is 5.94. The molecule has 0 unspecified atom stereocenters. The minimum Gasteiger partial charge on any atom is -0.489 e. The third-order valence-electron chi connectivity index (χ3n) is 7.83. The van der Waals surface area contributed by atoms with Crippen LogP contribution in [0.2, 0.25) is 5.02 Å². The maximum Gasteiger partial charge on any atom is 0.409 e. The van der Waals surface area contributed by atoms with Crippen molar-refractivity contribution in [2.24, 2.45) is 0 Å². The summed E-state index contributed by atoms with van der Waals surface area (Å²) in [5, 5.41) is 14.0. The summed E-state index contributed by atoms with van der Waals surface area (Å²) in [4.78, 5) is 27.2. The van der Waals surface area contributed by atoms with Crippen LogP contribution in [0.3, 0.4) is 0 Å². The van der Waals surface area contributed by atoms with Crippen LogP contribution in [0.5, 0.6) is 5.75 Å². The Morgan fingerprint density at radius 2 is 2.21 bits per heavy atom. The fraction of sp³-hybridized carbons (Fsp3) is 0.520. The van der Waals surface area contributed by atoms with Crippen LogP contribution in [-0.4, -0.2) is 93.6 Å². The molecule has 0 aliphatic carbocycles. The van der Waals surface area contributed by atoms with Gasteiger partial charge in [0.25, 0.3) is 0 Å². The second kappa shape index (κ2) is 9.44. The summed E-state index contributed by atoms with van der Waals surface area (Å²) in [6.45, 7) is 2.15. The Balaban J connectivity index is 1.26. The molecule has 1 aromatic carbocycles. The normalized spacial score (nSPS) is 27.6. The van der Waals surface area contributed by atoms with Gasteiger partial charge in [-0.05, 0) is 12.5 Å². The third-order valence-corrected chi connectivity index (χ3v) is 8.10. The summed E-state index contributed by atoms with van der Waals surface area (Å²) in [6.07, 6.45) is 0.542. The number of hydrogen-bond donors (Lipinski definition) is 2. The van der Waals surface area contributed by atoms with E-state index in [0.717, 1.165) is 0 Å². The largest absolute Gasteiger partial charge is 0.489 e. The molecular formula is C25H26ClFN6O6. The Hall–Kier alpha value is -3.26. The van der Waals surface area contributed by atoms with E-state index < -0.39 is 24.3 Å². The Labute approximate surface area is 227 Å². The molecule has 3 fully saturated rings. The van der Waals surface area contributed by atoms with E-state index >= 15 is 4.39 Å². The minimum atomic E-state index is -0.803. The van der Waals surface area contributed by atoms with Gasteiger partial charge in [0.2, 0.25) is 5.95 Å². The maximum absolute atomic E-state index is 15.6. The minimum absolute atomic E-state index is 0.0612. The lowest BCUT2D eigenvalue weighted by Gasteiger charge is -2.32. The number of anilines is 1. The number of methoxy groups -OCH3 is 1. The standard InChI is InChI=1S/C25H26ClFN6O6/c1-36-25(35)32-3-2-11(9-32)23-30-19-14(27)6-12(22-20(19)33(23)4-5-37-22)18-13(26)8-28-24(31-18)29-15-7-17-38-10-16(39-17)21(15)34/h6,8,11,15-17,21,34H,2-5,7,9-10H2,1H3,(H,28,29,31)/t11-,15-,16+,17+,21+/m1/s1. The highest BCUT2D eigenvalue weighted by Gasteiger charge is 2.43. The molecule has 4 aliphatic heterocycles. The highest BCUT2D eigenvalue weighted by atomic mass is 35.5. The summed E-state index contributed by atoms with van der Waals surface area (Å²) in [6, 6.07) is 0.938. The Morgan fingerprint density at radius 3 is 3.05 bits per heavy atom. The SMILES string of the molecule is COC(=O)N1CC[C@@H](c2nc3c(F)cc(-c4nc(N[C@@H]5C[C@H]6OC[C@H](O6)[C@H]5O)ncc4Cl)c4c3n2CCO4)C1. The van der Waals surface area contributed by atoms with Gasteiger partial charge < -0.3 is 38.8 Å². The van der Waals surface area contributed by atoms with Crippen molar-refractivity contribution in [3.05, 3.63) is 28.9 Å². The number of aromatic nitrogens is 4. The van der Waals surface area contributed by atoms with Crippen LogP contribution in [0.25, 0.3) is 22.3 Å². The lowest BCUT2D eigenvalue weighted by Crippen LogP contribution is -2.48. The molecule has 4 aliphatic rings. The molecule has 7 rings (SSSR count). The zero-order valence-corrected chi connectivity index (χ0v) is 21.7. The van der Waals surface area contributed by atoms with Crippen LogP contribution in [0.15, 0.2) is 12.3 Å². The summed E-state index contributed by atoms with van der Waals surface area (Å²) in [5.74, 6) is 0.775. The maximum atomic E-state index is 15.6. The zero-order chi connectivity index (χ0) is 26.8. The number of nitrogens with zero attached hydrogens (tertiary/aromatic N) is 5. The highest BCUT2D eigenvalue weighted by molar-refractivity contribution is 6.33. The van der Waals surface area contributed by atoms with Crippen LogP contribution >= 0.6 is 11.6 Å². The average Bonchev–Trinajstić information content (AvgIpc) is 3.68. The lowest BCUT2D eigenvalue weighted by atomic mass is 10.0. The number of amides is 1. The van der Waals surface area contributed by atoms with E-state index in [4.69, 9.17) is 30.5 Å². The number of rotatable bonds is 4. The van der Waals surface area contributed by atoms with E-state index in [1.807, 2.05) is 4.57 Å². The van der Waals surface area contributed by atoms with Crippen molar-refractivity contribution in [2.75, 3.05) is 38.7 Å². The molecule has 3 aromatic rings. The molecule has 6 heterocycles. The van der Waals surface area contributed by atoms with Gasteiger partial charge in [0.15, 0.2) is 17.9 Å². The number of carbonyl (C=O) groups excluding carboxylic acids is 1. The molecule has 39 heavy (non-hydrogen) atoms. The number of halogens is 2. The molecule has 1 amide bonds. The van der Waals surface area contributed by atoms with Crippen molar-refractivity contribution in [3.63, 3.8) is 0 Å². The van der Waals surface area contributed by atoms with Crippen LogP contribution < -0.4 is 10.1 Å². The first kappa shape index (κ1) is 24.8. The molecule has 5 atom stereocenters. The second-order valence-electron chi connectivity index (χ2n) is 10.1. The van der Waals surface area contributed by atoms with Crippen LogP contribution in [-0.2, 0) is 20.8 Å². The lowest BCUT2D eigenvalue weighted by molar-refractivity contribution is -0.123. The molecule has 14 heteroatoms. The van der Waals surface area contributed by atoms with E-state index in [1.54, 1.807) is 4.90 Å². The highest BCUT2D eigenvalue weighted by Crippen LogP contribution is 2.44. The molecule has 206 valence electrons. The van der Waals surface area contributed by atoms with Crippen LogP contribution in [0.1, 0.15) is 24.6 Å². The summed E-state index contributed by atoms with van der Waals surface area (Å²) in [5.41, 5.74) is 1.39. The van der Waals surface area contributed by atoms with Crippen molar-refractivity contribution in [1.82, 2.24) is 24.4 Å². The van der Waals surface area contributed by atoms with E-state index in [2.05, 4.69) is 20.3 Å². The molecule has 0 saturated carbocycles. The number of hydrogen-bond acceptors (Lipinski definition) is 10. The smallest absolute Gasteiger partial charge is 0.409 e. The van der Waals surface area contributed by atoms with E-state index in [-0.39, 0.29) is 34.5 Å². The predicted molar refractivity (Wildman–Crippen MR) is 135 cm³/mol. The van der Waals surface area contributed by atoms with Gasteiger partial charge in [0.1, 0.15) is 35.7 Å². The predicted octanol–water partition coefficient (Wildman–Crippen LogP) is 2.52. The van der Waals surface area contributed by atoms with Gasteiger partial charge in [-0.3, -0.25) is 0 Å². The Morgan fingerprint density at radius 1 is 1.33 bits per heavy atom. The van der Waals surface area contributed by atoms with Gasteiger partial charge in [-0.15, -0.1) is 0 Å². The number of aliphatic hydroxyl groups excluding tert-OH is 1. The topological polar surface area (TPSA) is 133 Å². The van der Waals surface area contributed by atoms with Gasteiger partial charge in [-0.1, -0.05) is 11.6 Å². The van der Waals surface area contributed by atoms with Crippen molar-refractivity contribution in [3.8, 4) is 17.0 Å². The van der Waals surface area contributed by atoms with Crippen molar-refractivity contribution < 1.29 is 33.2 Å². The van der Waals surface area contributed by atoms with E-state index in [1.165, 1.54) is 19.4 Å². The quantitative estimate of drug-likeness (QED) is 0.490. The number of nitrogens with one attached hydrogen (secondary N) is 1. The van der Waals surface area contributed by atoms with Crippen LogP contribution in [0.4, 0.5) is 15.1 Å². The van der Waals surface area contributed by atoms with Gasteiger partial charge in [0, 0.05) is 31.0 Å². The van der Waals surface area contributed by atoms with Gasteiger partial charge in [0.05, 0.1) is 43.2 Å². The third kappa shape index (κ3) is 4.06. The number of ether oxygens (including phenoxy) is 4. The first-order valence-electron chi connectivity index (χ1n) is 12.8. The Bertz CT molecular complexity index is 1470. The van der Waals surface area contributed by atoms with Gasteiger partial charge >= 0.3 is 6.09 Å².